The summed E-state index contributed by atoms with van der Waals surface area (Å²) in [7, 11) is 3.29. The Morgan fingerprint density at radius 2 is 1.81 bits per heavy atom. The SMILES string of the molecule is CCNC(=NCc1cccc(OCCOC)c1)NCCc1cccc(C(=O)NC)c1.I. The number of carbonyl (C=O) groups is 1. The molecule has 0 radical (unpaired) electrons. The number of hydrogen-bond donors (Lipinski definition) is 3. The lowest BCUT2D eigenvalue weighted by Gasteiger charge is -2.12. The lowest BCUT2D eigenvalue weighted by atomic mass is 10.1. The number of hydrogen-bond acceptors (Lipinski definition) is 4. The van der Waals surface area contributed by atoms with Crippen molar-refractivity contribution in [2.45, 2.75) is 19.9 Å². The summed E-state index contributed by atoms with van der Waals surface area (Å²) >= 11 is 0. The fourth-order valence-corrected chi connectivity index (χ4v) is 2.83. The molecule has 3 N–H and O–H groups in total. The van der Waals surface area contributed by atoms with Crippen molar-refractivity contribution in [3.63, 3.8) is 0 Å². The van der Waals surface area contributed by atoms with E-state index < -0.39 is 0 Å². The van der Waals surface area contributed by atoms with Crippen molar-refractivity contribution in [3.8, 4) is 5.75 Å². The van der Waals surface area contributed by atoms with Crippen LogP contribution in [0.5, 0.6) is 5.75 Å². The first-order valence-electron chi connectivity index (χ1n) is 10.2. The van der Waals surface area contributed by atoms with E-state index in [2.05, 4.69) is 20.9 Å². The van der Waals surface area contributed by atoms with Gasteiger partial charge in [0.05, 0.1) is 13.2 Å². The highest BCUT2D eigenvalue weighted by molar-refractivity contribution is 14.0. The van der Waals surface area contributed by atoms with Crippen LogP contribution in [0.25, 0.3) is 0 Å². The average Bonchev–Trinajstić information content (AvgIpc) is 2.77. The zero-order valence-corrected chi connectivity index (χ0v) is 20.8. The first kappa shape index (κ1) is 26.7. The molecule has 0 unspecified atom stereocenters. The van der Waals surface area contributed by atoms with E-state index >= 15 is 0 Å². The van der Waals surface area contributed by atoms with Gasteiger partial charge in [-0.2, -0.15) is 0 Å². The number of benzene rings is 2. The summed E-state index contributed by atoms with van der Waals surface area (Å²) in [6.07, 6.45) is 0.790. The van der Waals surface area contributed by atoms with Gasteiger partial charge >= 0.3 is 0 Å². The Morgan fingerprint density at radius 3 is 2.55 bits per heavy atom. The van der Waals surface area contributed by atoms with E-state index in [1.807, 2.05) is 55.5 Å². The molecule has 0 fully saturated rings. The molecular formula is C23H33IN4O3. The molecule has 7 nitrogen and oxygen atoms in total. The number of nitrogens with one attached hydrogen (secondary N) is 3. The fourth-order valence-electron chi connectivity index (χ4n) is 2.83. The summed E-state index contributed by atoms with van der Waals surface area (Å²) in [6.45, 7) is 5.15. The standard InChI is InChI=1S/C23H32N4O3.HI/c1-4-25-23(26-12-11-18-7-5-9-20(15-18)22(28)24-2)27-17-19-8-6-10-21(16-19)30-14-13-29-3;/h5-10,15-16H,4,11-14,17H2,1-3H3,(H,24,28)(H2,25,26,27);1H. The summed E-state index contributed by atoms with van der Waals surface area (Å²) in [5.74, 6) is 1.49. The number of methoxy groups -OCH3 is 1. The average molecular weight is 540 g/mol. The van der Waals surface area contributed by atoms with Crippen molar-refractivity contribution in [3.05, 3.63) is 65.2 Å². The van der Waals surface area contributed by atoms with Gasteiger partial charge in [0.1, 0.15) is 12.4 Å². The number of nitrogens with zero attached hydrogens (tertiary/aromatic N) is 1. The topological polar surface area (TPSA) is 84.0 Å². The maximum absolute atomic E-state index is 11.8. The first-order valence-corrected chi connectivity index (χ1v) is 10.2. The molecule has 31 heavy (non-hydrogen) atoms. The normalized spacial score (nSPS) is 10.7. The van der Waals surface area contributed by atoms with Gasteiger partial charge in [-0.05, 0) is 48.7 Å². The molecule has 0 heterocycles. The Labute approximate surface area is 202 Å². The van der Waals surface area contributed by atoms with E-state index in [1.165, 1.54) is 0 Å². The summed E-state index contributed by atoms with van der Waals surface area (Å²) in [6, 6.07) is 15.6. The number of amides is 1. The molecule has 0 aliphatic rings. The highest BCUT2D eigenvalue weighted by atomic mass is 127. The summed E-state index contributed by atoms with van der Waals surface area (Å²) < 4.78 is 10.7. The second-order valence-corrected chi connectivity index (χ2v) is 6.64. The third-order valence-electron chi connectivity index (χ3n) is 4.34. The molecule has 1 amide bonds. The number of carbonyl (C=O) groups excluding carboxylic acids is 1. The second-order valence-electron chi connectivity index (χ2n) is 6.64. The number of halogens is 1. The number of rotatable bonds is 11. The van der Waals surface area contributed by atoms with Crippen molar-refractivity contribution in [2.24, 2.45) is 4.99 Å². The minimum absolute atomic E-state index is 0. The summed E-state index contributed by atoms with van der Waals surface area (Å²) in [5.41, 5.74) is 2.84. The Morgan fingerprint density at radius 1 is 1.03 bits per heavy atom. The molecule has 8 heteroatoms. The van der Waals surface area contributed by atoms with Crippen molar-refractivity contribution < 1.29 is 14.3 Å². The minimum atomic E-state index is -0.0758. The molecule has 0 aliphatic carbocycles. The van der Waals surface area contributed by atoms with E-state index in [9.17, 15) is 4.79 Å². The van der Waals surface area contributed by atoms with Crippen LogP contribution < -0.4 is 20.7 Å². The highest BCUT2D eigenvalue weighted by Gasteiger charge is 2.04. The van der Waals surface area contributed by atoms with Gasteiger partial charge in [-0.15, -0.1) is 24.0 Å². The van der Waals surface area contributed by atoms with E-state index in [-0.39, 0.29) is 29.9 Å². The van der Waals surface area contributed by atoms with E-state index in [1.54, 1.807) is 14.2 Å². The molecule has 0 bridgehead atoms. The lowest BCUT2D eigenvalue weighted by Crippen LogP contribution is -2.38. The van der Waals surface area contributed by atoms with Crippen molar-refractivity contribution in [2.75, 3.05) is 40.5 Å². The predicted molar refractivity (Wildman–Crippen MR) is 136 cm³/mol. The molecule has 0 aliphatic heterocycles. The smallest absolute Gasteiger partial charge is 0.251 e. The van der Waals surface area contributed by atoms with Crippen LogP contribution in [0.1, 0.15) is 28.4 Å². The monoisotopic (exact) mass is 540 g/mol. The number of aliphatic imine (C=N–C) groups is 1. The molecule has 0 aromatic heterocycles. The van der Waals surface area contributed by atoms with Crippen LogP contribution >= 0.6 is 24.0 Å². The molecule has 0 spiro atoms. The maximum atomic E-state index is 11.8. The van der Waals surface area contributed by atoms with E-state index in [0.717, 1.165) is 35.8 Å². The van der Waals surface area contributed by atoms with Crippen LogP contribution in [-0.4, -0.2) is 52.3 Å². The largest absolute Gasteiger partial charge is 0.491 e. The molecule has 2 aromatic carbocycles. The van der Waals surface area contributed by atoms with Crippen LogP contribution in [0.4, 0.5) is 0 Å². The molecule has 0 saturated carbocycles. The van der Waals surface area contributed by atoms with Gasteiger partial charge in [-0.1, -0.05) is 24.3 Å². The first-order chi connectivity index (χ1) is 14.7. The van der Waals surface area contributed by atoms with Crippen molar-refractivity contribution in [1.82, 2.24) is 16.0 Å². The quantitative estimate of drug-likeness (QED) is 0.177. The molecular weight excluding hydrogens is 507 g/mol. The van der Waals surface area contributed by atoms with Gasteiger partial charge < -0.3 is 25.4 Å². The van der Waals surface area contributed by atoms with Crippen LogP contribution in [0.15, 0.2) is 53.5 Å². The Bertz CT molecular complexity index is 830. The molecule has 2 aromatic rings. The molecule has 0 saturated heterocycles. The van der Waals surface area contributed by atoms with Gasteiger partial charge in [-0.25, -0.2) is 4.99 Å². The fraction of sp³-hybridized carbons (Fsp3) is 0.391. The maximum Gasteiger partial charge on any atom is 0.251 e. The van der Waals surface area contributed by atoms with Gasteiger partial charge in [0, 0.05) is 32.8 Å². The van der Waals surface area contributed by atoms with E-state index in [4.69, 9.17) is 9.47 Å². The number of ether oxygens (including phenoxy) is 2. The van der Waals surface area contributed by atoms with Crippen LogP contribution in [0.2, 0.25) is 0 Å². The van der Waals surface area contributed by atoms with Crippen molar-refractivity contribution in [1.29, 1.82) is 0 Å². The molecule has 0 atom stereocenters. The lowest BCUT2D eigenvalue weighted by molar-refractivity contribution is 0.0963. The van der Waals surface area contributed by atoms with Crippen LogP contribution in [0, 0.1) is 0 Å². The van der Waals surface area contributed by atoms with Gasteiger partial charge in [0.15, 0.2) is 5.96 Å². The Balaban J connectivity index is 0.00000480. The Kier molecular flexibility index (Phi) is 13.3. The summed E-state index contributed by atoms with van der Waals surface area (Å²) in [4.78, 5) is 16.4. The zero-order valence-electron chi connectivity index (χ0n) is 18.4. The Hall–Kier alpha value is -2.33. The zero-order chi connectivity index (χ0) is 21.6. The van der Waals surface area contributed by atoms with Gasteiger partial charge in [0.2, 0.25) is 0 Å². The van der Waals surface area contributed by atoms with Crippen LogP contribution in [-0.2, 0) is 17.7 Å². The summed E-state index contributed by atoms with van der Waals surface area (Å²) in [5, 5.41) is 9.26. The molecule has 2 rings (SSSR count). The van der Waals surface area contributed by atoms with E-state index in [0.29, 0.717) is 31.9 Å². The minimum Gasteiger partial charge on any atom is -0.491 e. The highest BCUT2D eigenvalue weighted by Crippen LogP contribution is 2.14. The number of guanidine groups is 1. The third-order valence-corrected chi connectivity index (χ3v) is 4.34. The van der Waals surface area contributed by atoms with Crippen molar-refractivity contribution >= 4 is 35.8 Å². The van der Waals surface area contributed by atoms with Gasteiger partial charge in [-0.3, -0.25) is 4.79 Å². The van der Waals surface area contributed by atoms with Crippen LogP contribution in [0.3, 0.4) is 0 Å². The third kappa shape index (κ3) is 10.0. The van der Waals surface area contributed by atoms with Gasteiger partial charge in [0.25, 0.3) is 5.91 Å². The molecule has 170 valence electrons. The second kappa shape index (κ2) is 15.5. The predicted octanol–water partition coefficient (Wildman–Crippen LogP) is 2.99.